The van der Waals surface area contributed by atoms with E-state index < -0.39 is 0 Å². The van der Waals surface area contributed by atoms with Gasteiger partial charge in [0.05, 0.1) is 12.1 Å². The van der Waals surface area contributed by atoms with Crippen molar-refractivity contribution >= 4 is 16.7 Å². The van der Waals surface area contributed by atoms with Crippen LogP contribution in [0.1, 0.15) is 34.1 Å². The van der Waals surface area contributed by atoms with Crippen LogP contribution in [0.3, 0.4) is 0 Å². The molecule has 0 bridgehead atoms. The van der Waals surface area contributed by atoms with Crippen molar-refractivity contribution < 1.29 is 9.53 Å². The molecule has 0 aliphatic rings. The first-order chi connectivity index (χ1) is 12.0. The number of carbonyl (C=O) groups is 1. The summed E-state index contributed by atoms with van der Waals surface area (Å²) in [5, 5.41) is 8.41. The lowest BCUT2D eigenvalue weighted by Crippen LogP contribution is -2.44. The summed E-state index contributed by atoms with van der Waals surface area (Å²) < 4.78 is 5.98. The summed E-state index contributed by atoms with van der Waals surface area (Å²) in [5.41, 5.74) is 0. The van der Waals surface area contributed by atoms with Crippen LogP contribution in [0.4, 0.5) is 0 Å². The highest BCUT2D eigenvalue weighted by atomic mass is 16.5. The molecule has 0 aliphatic heterocycles. The Kier molecular flexibility index (Phi) is 7.19. The fourth-order valence-electron chi connectivity index (χ4n) is 2.48. The standard InChI is InChI=1S/C20H29N3O2/c1-14(2)12-23-20(24)16(4)22-10-7-15(3)25-19-6-5-18-13-21-9-8-17(18)11-19/h5-6,8-9,11,13-16,22H,7,10,12H2,1-4H3,(H,23,24)/t15-,16+/m1/s1. The van der Waals surface area contributed by atoms with Crippen molar-refractivity contribution in [3.05, 3.63) is 36.7 Å². The summed E-state index contributed by atoms with van der Waals surface area (Å²) in [5.74, 6) is 1.36. The summed E-state index contributed by atoms with van der Waals surface area (Å²) in [7, 11) is 0. The summed E-state index contributed by atoms with van der Waals surface area (Å²) in [4.78, 5) is 16.0. The number of nitrogens with zero attached hydrogens (tertiary/aromatic N) is 1. The molecule has 0 spiro atoms. The minimum absolute atomic E-state index is 0.0467. The van der Waals surface area contributed by atoms with Gasteiger partial charge in [0.15, 0.2) is 0 Å². The maximum absolute atomic E-state index is 11.9. The summed E-state index contributed by atoms with van der Waals surface area (Å²) in [6.07, 6.45) is 4.53. The Morgan fingerprint density at radius 2 is 1.96 bits per heavy atom. The van der Waals surface area contributed by atoms with E-state index in [1.807, 2.05) is 44.3 Å². The highest BCUT2D eigenvalue weighted by Crippen LogP contribution is 2.21. The van der Waals surface area contributed by atoms with Crippen LogP contribution in [0.5, 0.6) is 5.75 Å². The summed E-state index contributed by atoms with van der Waals surface area (Å²) in [6.45, 7) is 9.54. The van der Waals surface area contributed by atoms with Gasteiger partial charge in [0.25, 0.3) is 0 Å². The van der Waals surface area contributed by atoms with Crippen LogP contribution < -0.4 is 15.4 Å². The van der Waals surface area contributed by atoms with Gasteiger partial charge in [0.1, 0.15) is 5.75 Å². The zero-order valence-corrected chi connectivity index (χ0v) is 15.6. The van der Waals surface area contributed by atoms with Gasteiger partial charge in [-0.25, -0.2) is 0 Å². The monoisotopic (exact) mass is 343 g/mol. The van der Waals surface area contributed by atoms with Crippen molar-refractivity contribution in [2.45, 2.75) is 46.3 Å². The third-order valence-electron chi connectivity index (χ3n) is 4.03. The van der Waals surface area contributed by atoms with E-state index in [2.05, 4.69) is 29.5 Å². The van der Waals surface area contributed by atoms with Gasteiger partial charge >= 0.3 is 0 Å². The maximum Gasteiger partial charge on any atom is 0.236 e. The van der Waals surface area contributed by atoms with Crippen molar-refractivity contribution in [1.82, 2.24) is 15.6 Å². The van der Waals surface area contributed by atoms with E-state index in [4.69, 9.17) is 4.74 Å². The third-order valence-corrected chi connectivity index (χ3v) is 4.03. The molecule has 1 aromatic carbocycles. The first kappa shape index (κ1) is 19.2. The van der Waals surface area contributed by atoms with Crippen LogP contribution in [0, 0.1) is 5.92 Å². The second-order valence-corrected chi connectivity index (χ2v) is 6.92. The molecule has 0 unspecified atom stereocenters. The highest BCUT2D eigenvalue weighted by Gasteiger charge is 2.13. The van der Waals surface area contributed by atoms with Crippen LogP contribution >= 0.6 is 0 Å². The maximum atomic E-state index is 11.9. The zero-order chi connectivity index (χ0) is 18.2. The Morgan fingerprint density at radius 1 is 1.16 bits per heavy atom. The number of ether oxygens (including phenoxy) is 1. The molecule has 0 fully saturated rings. The topological polar surface area (TPSA) is 63.2 Å². The van der Waals surface area contributed by atoms with Gasteiger partial charge in [-0.1, -0.05) is 13.8 Å². The second-order valence-electron chi connectivity index (χ2n) is 6.92. The number of fused-ring (bicyclic) bond motifs is 1. The molecule has 1 heterocycles. The largest absolute Gasteiger partial charge is 0.491 e. The van der Waals surface area contributed by atoms with E-state index in [0.29, 0.717) is 12.5 Å². The van der Waals surface area contributed by atoms with Crippen molar-refractivity contribution in [1.29, 1.82) is 0 Å². The molecule has 5 nitrogen and oxygen atoms in total. The first-order valence-corrected chi connectivity index (χ1v) is 8.97. The number of rotatable bonds is 9. The SMILES string of the molecule is CC(C)CNC(=O)[C@H](C)NCC[C@@H](C)Oc1ccc2cnccc2c1. The number of pyridine rings is 1. The fraction of sp³-hybridized carbons (Fsp3) is 0.500. The number of carbonyl (C=O) groups excluding carboxylic acids is 1. The number of aromatic nitrogens is 1. The number of hydrogen-bond acceptors (Lipinski definition) is 4. The molecule has 1 amide bonds. The van der Waals surface area contributed by atoms with Gasteiger partial charge in [0, 0.05) is 24.3 Å². The molecule has 0 saturated heterocycles. The molecule has 2 atom stereocenters. The van der Waals surface area contributed by atoms with E-state index >= 15 is 0 Å². The number of hydrogen-bond donors (Lipinski definition) is 2. The van der Waals surface area contributed by atoms with Crippen molar-refractivity contribution in [2.75, 3.05) is 13.1 Å². The van der Waals surface area contributed by atoms with Crippen LogP contribution in [-0.4, -0.2) is 36.1 Å². The predicted molar refractivity (Wildman–Crippen MR) is 102 cm³/mol. The second kappa shape index (κ2) is 9.37. The van der Waals surface area contributed by atoms with E-state index in [-0.39, 0.29) is 18.1 Å². The van der Waals surface area contributed by atoms with E-state index in [9.17, 15) is 4.79 Å². The Balaban J connectivity index is 1.74. The van der Waals surface area contributed by atoms with Crippen LogP contribution in [0.15, 0.2) is 36.7 Å². The van der Waals surface area contributed by atoms with Gasteiger partial charge in [-0.05, 0) is 62.4 Å². The molecule has 0 saturated carbocycles. The van der Waals surface area contributed by atoms with Gasteiger partial charge < -0.3 is 15.4 Å². The predicted octanol–water partition coefficient (Wildman–Crippen LogP) is 3.14. The molecule has 2 aromatic rings. The molecule has 25 heavy (non-hydrogen) atoms. The quantitative estimate of drug-likeness (QED) is 0.734. The van der Waals surface area contributed by atoms with Crippen molar-refractivity contribution in [2.24, 2.45) is 5.92 Å². The molecule has 1 aromatic heterocycles. The first-order valence-electron chi connectivity index (χ1n) is 8.97. The molecule has 5 heteroatoms. The Labute approximate surface area is 150 Å². The minimum Gasteiger partial charge on any atom is -0.491 e. The number of benzene rings is 1. The van der Waals surface area contributed by atoms with Crippen LogP contribution in [0.25, 0.3) is 10.8 Å². The number of nitrogens with one attached hydrogen (secondary N) is 2. The lowest BCUT2D eigenvalue weighted by atomic mass is 10.1. The van der Waals surface area contributed by atoms with Crippen LogP contribution in [-0.2, 0) is 4.79 Å². The smallest absolute Gasteiger partial charge is 0.236 e. The van der Waals surface area contributed by atoms with E-state index in [1.54, 1.807) is 6.20 Å². The Bertz CT molecular complexity index is 687. The fourth-order valence-corrected chi connectivity index (χ4v) is 2.48. The molecular weight excluding hydrogens is 314 g/mol. The minimum atomic E-state index is -0.195. The van der Waals surface area contributed by atoms with Gasteiger partial charge in [-0.3, -0.25) is 9.78 Å². The van der Waals surface area contributed by atoms with Gasteiger partial charge in [0.2, 0.25) is 5.91 Å². The van der Waals surface area contributed by atoms with Crippen molar-refractivity contribution in [3.63, 3.8) is 0 Å². The lowest BCUT2D eigenvalue weighted by Gasteiger charge is -2.18. The van der Waals surface area contributed by atoms with Crippen molar-refractivity contribution in [3.8, 4) is 5.75 Å². The molecule has 0 radical (unpaired) electrons. The van der Waals surface area contributed by atoms with E-state index in [1.165, 1.54) is 0 Å². The van der Waals surface area contributed by atoms with Crippen LogP contribution in [0.2, 0.25) is 0 Å². The van der Waals surface area contributed by atoms with Gasteiger partial charge in [-0.2, -0.15) is 0 Å². The molecule has 136 valence electrons. The Hall–Kier alpha value is -2.14. The molecule has 2 rings (SSSR count). The molecule has 2 N–H and O–H groups in total. The summed E-state index contributed by atoms with van der Waals surface area (Å²) >= 11 is 0. The zero-order valence-electron chi connectivity index (χ0n) is 15.6. The summed E-state index contributed by atoms with van der Waals surface area (Å²) in [6, 6.07) is 7.80. The Morgan fingerprint density at radius 3 is 2.72 bits per heavy atom. The average molecular weight is 343 g/mol. The van der Waals surface area contributed by atoms with E-state index in [0.717, 1.165) is 29.5 Å². The lowest BCUT2D eigenvalue weighted by molar-refractivity contribution is -0.122. The normalized spacial score (nSPS) is 13.6. The average Bonchev–Trinajstić information content (AvgIpc) is 2.59. The highest BCUT2D eigenvalue weighted by molar-refractivity contribution is 5.82. The molecular formula is C20H29N3O2. The molecule has 0 aliphatic carbocycles. The number of amides is 1. The van der Waals surface area contributed by atoms with Gasteiger partial charge in [-0.15, -0.1) is 0 Å². The third kappa shape index (κ3) is 6.35.